The topological polar surface area (TPSA) is 81.5 Å². The molecule has 29 heavy (non-hydrogen) atoms. The summed E-state index contributed by atoms with van der Waals surface area (Å²) < 4.78 is 32.4. The standard InChI is InChI=1S/C21H23N3O4S/c1-29(26,27)24-11-9-17(10-12-24)28-18-7-8-20-19(13-18)21(25)23(15-22-20)14-16-5-3-2-4-6-16/h2-8,13,15,17H,9-12,14H2,1H3. The molecule has 0 spiro atoms. The van der Waals surface area contributed by atoms with Crippen LogP contribution in [0.15, 0.2) is 59.7 Å². The minimum atomic E-state index is -3.16. The second-order valence-electron chi connectivity index (χ2n) is 7.32. The lowest BCUT2D eigenvalue weighted by Gasteiger charge is -2.30. The van der Waals surface area contributed by atoms with E-state index in [2.05, 4.69) is 4.98 Å². The molecule has 8 heteroatoms. The Morgan fingerprint density at radius 3 is 2.52 bits per heavy atom. The van der Waals surface area contributed by atoms with E-state index in [0.717, 1.165) is 5.56 Å². The highest BCUT2D eigenvalue weighted by molar-refractivity contribution is 7.88. The summed E-state index contributed by atoms with van der Waals surface area (Å²) in [5, 5.41) is 0.509. The largest absolute Gasteiger partial charge is 0.490 e. The van der Waals surface area contributed by atoms with E-state index in [9.17, 15) is 13.2 Å². The summed E-state index contributed by atoms with van der Waals surface area (Å²) in [5.41, 5.74) is 1.54. The molecule has 1 aliphatic heterocycles. The third kappa shape index (κ3) is 4.49. The van der Waals surface area contributed by atoms with Crippen LogP contribution in [0.4, 0.5) is 0 Å². The molecule has 0 bridgehead atoms. The average Bonchev–Trinajstić information content (AvgIpc) is 2.71. The molecule has 7 nitrogen and oxygen atoms in total. The summed E-state index contributed by atoms with van der Waals surface area (Å²) in [6.45, 7) is 1.35. The zero-order valence-electron chi connectivity index (χ0n) is 16.2. The van der Waals surface area contributed by atoms with Gasteiger partial charge in [0.1, 0.15) is 11.9 Å². The zero-order valence-corrected chi connectivity index (χ0v) is 17.0. The molecule has 0 amide bonds. The van der Waals surface area contributed by atoms with E-state index in [1.807, 2.05) is 30.3 Å². The Balaban J connectivity index is 1.53. The number of ether oxygens (including phenoxy) is 1. The number of aromatic nitrogens is 2. The van der Waals surface area contributed by atoms with Crippen molar-refractivity contribution in [1.29, 1.82) is 0 Å². The van der Waals surface area contributed by atoms with Gasteiger partial charge in [0, 0.05) is 13.1 Å². The Hall–Kier alpha value is -2.71. The molecule has 0 unspecified atom stereocenters. The van der Waals surface area contributed by atoms with E-state index in [-0.39, 0.29) is 11.7 Å². The van der Waals surface area contributed by atoms with Crippen molar-refractivity contribution in [2.24, 2.45) is 0 Å². The van der Waals surface area contributed by atoms with Crippen molar-refractivity contribution in [2.45, 2.75) is 25.5 Å². The van der Waals surface area contributed by atoms with Gasteiger partial charge in [-0.1, -0.05) is 30.3 Å². The average molecular weight is 413 g/mol. The molecule has 0 saturated carbocycles. The van der Waals surface area contributed by atoms with Crippen LogP contribution in [0.1, 0.15) is 18.4 Å². The van der Waals surface area contributed by atoms with Gasteiger partial charge in [0.15, 0.2) is 0 Å². The Morgan fingerprint density at radius 1 is 1.10 bits per heavy atom. The Labute approximate surface area is 169 Å². The molecule has 1 aliphatic rings. The second kappa shape index (κ2) is 7.96. The normalized spacial score (nSPS) is 16.2. The maximum atomic E-state index is 12.9. The quantitative estimate of drug-likeness (QED) is 0.641. The van der Waals surface area contributed by atoms with Gasteiger partial charge in [0.05, 0.1) is 30.0 Å². The molecular formula is C21H23N3O4S. The van der Waals surface area contributed by atoms with Gasteiger partial charge in [-0.05, 0) is 36.6 Å². The fourth-order valence-electron chi connectivity index (χ4n) is 3.58. The monoisotopic (exact) mass is 413 g/mol. The summed E-state index contributed by atoms with van der Waals surface area (Å²) in [4.78, 5) is 17.3. The van der Waals surface area contributed by atoms with Crippen LogP contribution in [0.5, 0.6) is 5.75 Å². The number of piperidine rings is 1. The predicted molar refractivity (Wildman–Crippen MR) is 112 cm³/mol. The molecule has 1 fully saturated rings. The van der Waals surface area contributed by atoms with Crippen LogP contribution in [0, 0.1) is 0 Å². The van der Waals surface area contributed by atoms with Crippen LogP contribution >= 0.6 is 0 Å². The van der Waals surface area contributed by atoms with E-state index in [4.69, 9.17) is 4.74 Å². The maximum Gasteiger partial charge on any atom is 0.261 e. The van der Waals surface area contributed by atoms with Gasteiger partial charge in [-0.25, -0.2) is 17.7 Å². The van der Waals surface area contributed by atoms with Crippen LogP contribution in [0.3, 0.4) is 0 Å². The third-order valence-corrected chi connectivity index (χ3v) is 6.47. The first-order chi connectivity index (χ1) is 13.9. The number of hydrogen-bond acceptors (Lipinski definition) is 5. The van der Waals surface area contributed by atoms with Crippen LogP contribution in [-0.4, -0.2) is 47.7 Å². The highest BCUT2D eigenvalue weighted by Gasteiger charge is 2.26. The van der Waals surface area contributed by atoms with Crippen molar-refractivity contribution in [3.63, 3.8) is 0 Å². The molecule has 152 valence electrons. The molecular weight excluding hydrogens is 390 g/mol. The fraction of sp³-hybridized carbons (Fsp3) is 0.333. The summed E-state index contributed by atoms with van der Waals surface area (Å²) in [6.07, 6.45) is 3.96. The molecule has 3 aromatic rings. The van der Waals surface area contributed by atoms with E-state index >= 15 is 0 Å². The lowest BCUT2D eigenvalue weighted by molar-refractivity contribution is 0.135. The van der Waals surface area contributed by atoms with E-state index < -0.39 is 10.0 Å². The first-order valence-corrected chi connectivity index (χ1v) is 11.4. The van der Waals surface area contributed by atoms with Gasteiger partial charge >= 0.3 is 0 Å². The van der Waals surface area contributed by atoms with E-state index in [1.165, 1.54) is 10.6 Å². The lowest BCUT2D eigenvalue weighted by atomic mass is 10.1. The minimum Gasteiger partial charge on any atom is -0.490 e. The summed E-state index contributed by atoms with van der Waals surface area (Å²) in [6, 6.07) is 15.1. The van der Waals surface area contributed by atoms with Gasteiger partial charge in [-0.2, -0.15) is 0 Å². The van der Waals surface area contributed by atoms with Crippen molar-refractivity contribution in [3.8, 4) is 5.75 Å². The number of rotatable bonds is 5. The molecule has 0 atom stereocenters. The van der Waals surface area contributed by atoms with Crippen molar-refractivity contribution in [3.05, 3.63) is 70.8 Å². The van der Waals surface area contributed by atoms with Crippen molar-refractivity contribution < 1.29 is 13.2 Å². The highest BCUT2D eigenvalue weighted by Crippen LogP contribution is 2.22. The molecule has 2 heterocycles. The summed E-state index contributed by atoms with van der Waals surface area (Å²) in [7, 11) is -3.16. The summed E-state index contributed by atoms with van der Waals surface area (Å²) in [5.74, 6) is 0.603. The lowest BCUT2D eigenvalue weighted by Crippen LogP contribution is -2.41. The van der Waals surface area contributed by atoms with Crippen LogP contribution < -0.4 is 10.3 Å². The van der Waals surface area contributed by atoms with Gasteiger partial charge < -0.3 is 4.74 Å². The van der Waals surface area contributed by atoms with Crippen molar-refractivity contribution in [2.75, 3.05) is 19.3 Å². The Morgan fingerprint density at radius 2 is 1.83 bits per heavy atom. The van der Waals surface area contributed by atoms with Crippen molar-refractivity contribution >= 4 is 20.9 Å². The van der Waals surface area contributed by atoms with Crippen LogP contribution in [0.2, 0.25) is 0 Å². The van der Waals surface area contributed by atoms with Gasteiger partial charge in [-0.3, -0.25) is 9.36 Å². The number of nitrogens with zero attached hydrogens (tertiary/aromatic N) is 3. The number of benzene rings is 2. The van der Waals surface area contributed by atoms with Crippen LogP contribution in [-0.2, 0) is 16.6 Å². The smallest absolute Gasteiger partial charge is 0.261 e. The fourth-order valence-corrected chi connectivity index (χ4v) is 4.45. The minimum absolute atomic E-state index is 0.0753. The van der Waals surface area contributed by atoms with Gasteiger partial charge in [0.25, 0.3) is 5.56 Å². The number of sulfonamides is 1. The zero-order chi connectivity index (χ0) is 20.4. The van der Waals surface area contributed by atoms with Crippen LogP contribution in [0.25, 0.3) is 10.9 Å². The highest BCUT2D eigenvalue weighted by atomic mass is 32.2. The molecule has 0 aliphatic carbocycles. The Bertz CT molecular complexity index is 1170. The van der Waals surface area contributed by atoms with Gasteiger partial charge in [0.2, 0.25) is 10.0 Å². The first-order valence-electron chi connectivity index (χ1n) is 9.55. The summed E-state index contributed by atoms with van der Waals surface area (Å²) >= 11 is 0. The number of fused-ring (bicyclic) bond motifs is 1. The van der Waals surface area contributed by atoms with E-state index in [0.29, 0.717) is 49.1 Å². The SMILES string of the molecule is CS(=O)(=O)N1CCC(Oc2ccc3ncn(Cc4ccccc4)c(=O)c3c2)CC1. The molecule has 0 N–H and O–H groups in total. The Kier molecular flexibility index (Phi) is 5.38. The number of hydrogen-bond donors (Lipinski definition) is 0. The third-order valence-electron chi connectivity index (χ3n) is 5.16. The molecule has 4 rings (SSSR count). The molecule has 1 aromatic heterocycles. The molecule has 2 aromatic carbocycles. The van der Waals surface area contributed by atoms with Crippen molar-refractivity contribution in [1.82, 2.24) is 13.9 Å². The first kappa shape index (κ1) is 19.6. The maximum absolute atomic E-state index is 12.9. The van der Waals surface area contributed by atoms with E-state index in [1.54, 1.807) is 29.1 Å². The predicted octanol–water partition coefficient (Wildman–Crippen LogP) is 2.25. The molecule has 1 saturated heterocycles. The molecule has 0 radical (unpaired) electrons. The van der Waals surface area contributed by atoms with Gasteiger partial charge in [-0.15, -0.1) is 0 Å². The second-order valence-corrected chi connectivity index (χ2v) is 9.30.